The van der Waals surface area contributed by atoms with Gasteiger partial charge in [-0.1, -0.05) is 54.6 Å². The summed E-state index contributed by atoms with van der Waals surface area (Å²) in [5, 5.41) is 8.84. The Balaban J connectivity index is 1.64. The number of carboxylic acids is 1. The van der Waals surface area contributed by atoms with Gasteiger partial charge in [0.1, 0.15) is 29.7 Å². The Bertz CT molecular complexity index is 1230. The highest BCUT2D eigenvalue weighted by Gasteiger charge is 2.21. The molecule has 0 amide bonds. The van der Waals surface area contributed by atoms with E-state index in [0.29, 0.717) is 11.5 Å². The fourth-order valence-corrected chi connectivity index (χ4v) is 4.37. The molecule has 3 aromatic carbocycles. The van der Waals surface area contributed by atoms with Crippen LogP contribution in [-0.2, 0) is 17.2 Å². The van der Waals surface area contributed by atoms with E-state index in [1.807, 2.05) is 61.5 Å². The second-order valence-electron chi connectivity index (χ2n) is 7.54. The van der Waals surface area contributed by atoms with Crippen molar-refractivity contribution < 1.29 is 23.4 Å². The zero-order valence-corrected chi connectivity index (χ0v) is 18.9. The molecule has 6 heteroatoms. The third kappa shape index (κ3) is 5.65. The number of aliphatic carboxylic acids is 1. The fourth-order valence-electron chi connectivity index (χ4n) is 3.68. The van der Waals surface area contributed by atoms with Crippen LogP contribution in [0.2, 0.25) is 0 Å². The van der Waals surface area contributed by atoms with E-state index in [2.05, 4.69) is 0 Å². The predicted molar refractivity (Wildman–Crippen MR) is 129 cm³/mol. The normalized spacial score (nSPS) is 10.8. The molecule has 0 aliphatic heterocycles. The van der Waals surface area contributed by atoms with Gasteiger partial charge >= 0.3 is 5.97 Å². The van der Waals surface area contributed by atoms with Gasteiger partial charge in [-0.05, 0) is 42.3 Å². The number of benzene rings is 3. The van der Waals surface area contributed by atoms with Crippen molar-refractivity contribution in [1.29, 1.82) is 0 Å². The molecule has 33 heavy (non-hydrogen) atoms. The van der Waals surface area contributed by atoms with E-state index in [1.165, 1.54) is 23.9 Å². The molecule has 0 saturated carbocycles. The number of carboxylic acid groups (broad SMARTS) is 1. The summed E-state index contributed by atoms with van der Waals surface area (Å²) in [6.45, 7) is 2.16. The number of halogens is 1. The average Bonchev–Trinajstić information content (AvgIpc) is 3.15. The Morgan fingerprint density at radius 1 is 1.00 bits per heavy atom. The van der Waals surface area contributed by atoms with E-state index in [4.69, 9.17) is 14.3 Å². The van der Waals surface area contributed by atoms with Crippen LogP contribution < -0.4 is 4.74 Å². The summed E-state index contributed by atoms with van der Waals surface area (Å²) in [6.07, 6.45) is 0. The quantitative estimate of drug-likeness (QED) is 0.291. The average molecular weight is 463 g/mol. The lowest BCUT2D eigenvalue weighted by Crippen LogP contribution is -2.00. The molecule has 0 atom stereocenters. The molecule has 1 aromatic heterocycles. The first-order valence-corrected chi connectivity index (χ1v) is 11.6. The minimum Gasteiger partial charge on any atom is -0.489 e. The number of ether oxygens (including phenoxy) is 1. The van der Waals surface area contributed by atoms with Crippen LogP contribution in [-0.4, -0.2) is 16.8 Å². The first-order valence-electron chi connectivity index (χ1n) is 10.5. The molecule has 0 aliphatic carbocycles. The van der Waals surface area contributed by atoms with Crippen LogP contribution in [0.15, 0.2) is 83.3 Å². The second-order valence-corrected chi connectivity index (χ2v) is 8.52. The van der Waals surface area contributed by atoms with Gasteiger partial charge in [-0.3, -0.25) is 4.79 Å². The van der Waals surface area contributed by atoms with Crippen molar-refractivity contribution in [2.75, 3.05) is 5.75 Å². The van der Waals surface area contributed by atoms with Crippen molar-refractivity contribution in [2.45, 2.75) is 19.3 Å². The van der Waals surface area contributed by atoms with Gasteiger partial charge in [-0.25, -0.2) is 4.39 Å². The molecule has 0 fully saturated rings. The summed E-state index contributed by atoms with van der Waals surface area (Å²) >= 11 is 1.34. The van der Waals surface area contributed by atoms with Gasteiger partial charge in [0, 0.05) is 22.4 Å². The molecule has 1 N–H and O–H groups in total. The molecule has 4 rings (SSSR count). The third-order valence-corrected chi connectivity index (χ3v) is 6.12. The molecule has 0 bridgehead atoms. The van der Waals surface area contributed by atoms with E-state index in [1.54, 1.807) is 12.1 Å². The molecule has 4 aromatic rings. The van der Waals surface area contributed by atoms with Crippen LogP contribution in [0.25, 0.3) is 22.5 Å². The topological polar surface area (TPSA) is 59.7 Å². The Morgan fingerprint density at radius 3 is 2.48 bits per heavy atom. The summed E-state index contributed by atoms with van der Waals surface area (Å²) in [5.41, 5.74) is 4.56. The van der Waals surface area contributed by atoms with Gasteiger partial charge < -0.3 is 14.3 Å². The van der Waals surface area contributed by atoms with E-state index in [0.717, 1.165) is 39.3 Å². The summed E-state index contributed by atoms with van der Waals surface area (Å²) in [7, 11) is 0. The number of hydrogen-bond donors (Lipinski definition) is 1. The zero-order chi connectivity index (χ0) is 23.2. The third-order valence-electron chi connectivity index (χ3n) is 5.13. The van der Waals surface area contributed by atoms with Crippen LogP contribution >= 0.6 is 11.8 Å². The van der Waals surface area contributed by atoms with Gasteiger partial charge in [0.25, 0.3) is 0 Å². The summed E-state index contributed by atoms with van der Waals surface area (Å²) in [4.78, 5) is 10.8. The maximum Gasteiger partial charge on any atom is 0.313 e. The minimum atomic E-state index is -0.829. The fraction of sp³-hybridized carbons (Fsp3) is 0.148. The van der Waals surface area contributed by atoms with Gasteiger partial charge in [0.05, 0.1) is 5.75 Å². The lowest BCUT2D eigenvalue weighted by molar-refractivity contribution is -0.133. The van der Waals surface area contributed by atoms with Gasteiger partial charge in [-0.2, -0.15) is 0 Å². The number of aryl methyl sites for hydroxylation is 1. The number of rotatable bonds is 9. The van der Waals surface area contributed by atoms with Crippen molar-refractivity contribution in [3.05, 3.63) is 102 Å². The summed E-state index contributed by atoms with van der Waals surface area (Å²) in [6, 6.07) is 23.8. The van der Waals surface area contributed by atoms with Crippen molar-refractivity contribution in [1.82, 2.24) is 0 Å². The molecule has 0 saturated heterocycles. The highest BCUT2D eigenvalue weighted by Crippen LogP contribution is 2.38. The van der Waals surface area contributed by atoms with E-state index in [-0.39, 0.29) is 18.2 Å². The number of furan rings is 1. The van der Waals surface area contributed by atoms with Gasteiger partial charge in [-0.15, -0.1) is 11.8 Å². The second kappa shape index (κ2) is 10.4. The monoisotopic (exact) mass is 462 g/mol. The standard InChI is InChI=1S/C27H23FO4S/c1-18-26(20-10-12-22(28)13-11-20)24(27(32-18)21-7-3-2-4-8-21)15-31-23-9-5-6-19(14-23)16-33-17-25(29)30/h2-14H,15-17H2,1H3,(H,29,30). The predicted octanol–water partition coefficient (Wildman–Crippen LogP) is 6.96. The number of thioether (sulfide) groups is 1. The van der Waals surface area contributed by atoms with E-state index < -0.39 is 5.97 Å². The summed E-state index contributed by atoms with van der Waals surface area (Å²) in [5.74, 6) is 1.67. The molecular weight excluding hydrogens is 439 g/mol. The smallest absolute Gasteiger partial charge is 0.313 e. The van der Waals surface area contributed by atoms with Crippen LogP contribution in [0.3, 0.4) is 0 Å². The van der Waals surface area contributed by atoms with Crippen molar-refractivity contribution >= 4 is 17.7 Å². The molecule has 0 spiro atoms. The van der Waals surface area contributed by atoms with Crippen molar-refractivity contribution in [3.63, 3.8) is 0 Å². The van der Waals surface area contributed by atoms with Crippen LogP contribution in [0.1, 0.15) is 16.9 Å². The molecular formula is C27H23FO4S. The molecule has 168 valence electrons. The minimum absolute atomic E-state index is 0.0564. The van der Waals surface area contributed by atoms with E-state index >= 15 is 0 Å². The lowest BCUT2D eigenvalue weighted by atomic mass is 9.98. The first kappa shape index (κ1) is 22.7. The molecule has 0 radical (unpaired) electrons. The maximum atomic E-state index is 13.5. The van der Waals surface area contributed by atoms with Crippen LogP contribution in [0, 0.1) is 12.7 Å². The maximum absolute atomic E-state index is 13.5. The first-order chi connectivity index (χ1) is 16.0. The lowest BCUT2D eigenvalue weighted by Gasteiger charge is -2.11. The van der Waals surface area contributed by atoms with Crippen LogP contribution in [0.5, 0.6) is 5.75 Å². The Kier molecular flexibility index (Phi) is 7.15. The molecule has 4 nitrogen and oxygen atoms in total. The summed E-state index contributed by atoms with van der Waals surface area (Å²) < 4.78 is 25.9. The van der Waals surface area contributed by atoms with E-state index in [9.17, 15) is 9.18 Å². The highest BCUT2D eigenvalue weighted by molar-refractivity contribution is 7.99. The number of hydrogen-bond acceptors (Lipinski definition) is 4. The van der Waals surface area contributed by atoms with Crippen LogP contribution in [0.4, 0.5) is 4.39 Å². The zero-order valence-electron chi connectivity index (χ0n) is 18.1. The highest BCUT2D eigenvalue weighted by atomic mass is 32.2. The Morgan fingerprint density at radius 2 is 1.76 bits per heavy atom. The van der Waals surface area contributed by atoms with Crippen molar-refractivity contribution in [2.24, 2.45) is 0 Å². The molecule has 1 heterocycles. The van der Waals surface area contributed by atoms with Crippen molar-refractivity contribution in [3.8, 4) is 28.2 Å². The van der Waals surface area contributed by atoms with Gasteiger partial charge in [0.15, 0.2) is 0 Å². The van der Waals surface area contributed by atoms with Gasteiger partial charge in [0.2, 0.25) is 0 Å². The Hall–Kier alpha value is -3.51. The SMILES string of the molecule is Cc1oc(-c2ccccc2)c(COc2cccc(CSCC(=O)O)c2)c1-c1ccc(F)cc1. The largest absolute Gasteiger partial charge is 0.489 e. The number of carbonyl (C=O) groups is 1. The molecule has 0 unspecified atom stereocenters. The molecule has 0 aliphatic rings. The Labute approximate surface area is 196 Å².